The van der Waals surface area contributed by atoms with Crippen LogP contribution >= 0.6 is 11.6 Å². The number of nitrogens with one attached hydrogen (secondary N) is 1. The van der Waals surface area contributed by atoms with Gasteiger partial charge in [0.25, 0.3) is 0 Å². The van der Waals surface area contributed by atoms with E-state index in [1.54, 1.807) is 24.4 Å². The standard InChI is InChI=1S/C23H23ClN2O3/c1-4-17-14-7-13(2)11-23(17,18-5-6-21(27)26-19(18)9-14)25-12-15-8-16(24)10-20(29-3)22(15)28/h4-8,10,12,14,28H,9,11H2,1-3H3,(H,26,27)/b17-4-,25-12?/t14-,23-/m1/s1. The molecule has 1 aromatic heterocycles. The minimum Gasteiger partial charge on any atom is -0.504 e. The van der Waals surface area contributed by atoms with Crippen LogP contribution in [0.5, 0.6) is 11.5 Å². The minimum atomic E-state index is -0.627. The van der Waals surface area contributed by atoms with Crippen LogP contribution < -0.4 is 10.3 Å². The maximum Gasteiger partial charge on any atom is 0.248 e. The van der Waals surface area contributed by atoms with Gasteiger partial charge in [-0.25, -0.2) is 0 Å². The molecule has 0 unspecified atom stereocenters. The number of nitrogens with zero attached hydrogens (tertiary/aromatic N) is 1. The molecule has 2 aromatic rings. The molecule has 0 amide bonds. The first-order valence-corrected chi connectivity index (χ1v) is 9.94. The molecule has 2 atom stereocenters. The van der Waals surface area contributed by atoms with Gasteiger partial charge in [-0.1, -0.05) is 29.3 Å². The molecule has 0 aliphatic heterocycles. The predicted octanol–water partition coefficient (Wildman–Crippen LogP) is 4.53. The zero-order valence-electron chi connectivity index (χ0n) is 16.6. The van der Waals surface area contributed by atoms with Crippen LogP contribution in [0, 0.1) is 5.92 Å². The third kappa shape index (κ3) is 3.19. The van der Waals surface area contributed by atoms with Crippen molar-refractivity contribution in [3.8, 4) is 11.5 Å². The molecule has 6 heteroatoms. The second-order valence-corrected chi connectivity index (χ2v) is 8.06. The van der Waals surface area contributed by atoms with Crippen molar-refractivity contribution in [2.75, 3.05) is 7.11 Å². The Balaban J connectivity index is 1.92. The summed E-state index contributed by atoms with van der Waals surface area (Å²) in [5, 5.41) is 11.0. The number of phenols is 1. The van der Waals surface area contributed by atoms with E-state index in [2.05, 4.69) is 24.1 Å². The SMILES string of the molecule is C/C=C1/[C@@H]2C=C(C)C[C@]1(N=Cc1cc(Cl)cc(OC)c1O)c1ccc(=O)[nH]c1C2. The van der Waals surface area contributed by atoms with Crippen LogP contribution in [-0.2, 0) is 12.0 Å². The van der Waals surface area contributed by atoms with Crippen molar-refractivity contribution in [1.29, 1.82) is 0 Å². The van der Waals surface area contributed by atoms with Gasteiger partial charge in [0, 0.05) is 52.5 Å². The lowest BCUT2D eigenvalue weighted by molar-refractivity contribution is 0.373. The van der Waals surface area contributed by atoms with E-state index in [1.165, 1.54) is 18.3 Å². The molecule has 5 nitrogen and oxygen atoms in total. The third-order valence-corrected chi connectivity index (χ3v) is 6.01. The summed E-state index contributed by atoms with van der Waals surface area (Å²) < 4.78 is 5.21. The summed E-state index contributed by atoms with van der Waals surface area (Å²) in [6.07, 6.45) is 7.49. The van der Waals surface area contributed by atoms with Crippen LogP contribution in [0.2, 0.25) is 5.02 Å². The fourth-order valence-corrected chi connectivity index (χ4v) is 4.90. The molecule has 2 aliphatic rings. The minimum absolute atomic E-state index is 0.00352. The predicted molar refractivity (Wildman–Crippen MR) is 115 cm³/mol. The number of aromatic nitrogens is 1. The Morgan fingerprint density at radius 3 is 2.90 bits per heavy atom. The van der Waals surface area contributed by atoms with Crippen LogP contribution in [0.1, 0.15) is 37.1 Å². The van der Waals surface area contributed by atoms with Crippen LogP contribution in [-0.4, -0.2) is 23.4 Å². The zero-order chi connectivity index (χ0) is 20.8. The van der Waals surface area contributed by atoms with E-state index < -0.39 is 5.54 Å². The second-order valence-electron chi connectivity index (χ2n) is 7.62. The fraction of sp³-hybridized carbons (Fsp3) is 0.304. The number of phenolic OH excluding ortho intramolecular Hbond substituents is 1. The summed E-state index contributed by atoms with van der Waals surface area (Å²) >= 11 is 6.19. The summed E-state index contributed by atoms with van der Waals surface area (Å²) in [5.41, 5.74) is 4.12. The number of aliphatic imine (C=N–C) groups is 1. The summed E-state index contributed by atoms with van der Waals surface area (Å²) in [5.74, 6) is 0.476. The van der Waals surface area contributed by atoms with Gasteiger partial charge in [0.2, 0.25) is 5.56 Å². The number of ether oxygens (including phenoxy) is 1. The highest BCUT2D eigenvalue weighted by atomic mass is 35.5. The van der Waals surface area contributed by atoms with Crippen LogP contribution in [0.3, 0.4) is 0 Å². The maximum absolute atomic E-state index is 11.9. The van der Waals surface area contributed by atoms with Crippen molar-refractivity contribution in [1.82, 2.24) is 4.98 Å². The van der Waals surface area contributed by atoms with Gasteiger partial charge in [-0.3, -0.25) is 9.79 Å². The molecule has 0 radical (unpaired) electrons. The Hall–Kier alpha value is -2.79. The van der Waals surface area contributed by atoms with Crippen LogP contribution in [0.15, 0.2) is 57.4 Å². The second kappa shape index (κ2) is 7.23. The first-order valence-electron chi connectivity index (χ1n) is 9.56. The zero-order valence-corrected chi connectivity index (χ0v) is 17.4. The smallest absolute Gasteiger partial charge is 0.248 e. The maximum atomic E-state index is 11.9. The van der Waals surface area contributed by atoms with Crippen molar-refractivity contribution in [2.45, 2.75) is 32.2 Å². The summed E-state index contributed by atoms with van der Waals surface area (Å²) in [6.45, 7) is 4.14. The van der Waals surface area contributed by atoms with Gasteiger partial charge >= 0.3 is 0 Å². The first-order chi connectivity index (χ1) is 13.9. The molecule has 1 aromatic carbocycles. The number of rotatable bonds is 3. The summed E-state index contributed by atoms with van der Waals surface area (Å²) in [7, 11) is 1.48. The van der Waals surface area contributed by atoms with Gasteiger partial charge in [-0.05, 0) is 38.0 Å². The van der Waals surface area contributed by atoms with Crippen molar-refractivity contribution in [3.05, 3.63) is 79.8 Å². The van der Waals surface area contributed by atoms with Crippen LogP contribution in [0.25, 0.3) is 0 Å². The monoisotopic (exact) mass is 410 g/mol. The number of hydrogen-bond donors (Lipinski definition) is 2. The lowest BCUT2D eigenvalue weighted by Gasteiger charge is -2.45. The molecule has 2 aliphatic carbocycles. The van der Waals surface area contributed by atoms with Crippen molar-refractivity contribution in [3.63, 3.8) is 0 Å². The molecule has 29 heavy (non-hydrogen) atoms. The molecule has 0 saturated carbocycles. The third-order valence-electron chi connectivity index (χ3n) is 5.79. The van der Waals surface area contributed by atoms with E-state index in [-0.39, 0.29) is 17.2 Å². The molecular formula is C23H23ClN2O3. The lowest BCUT2D eigenvalue weighted by atomic mass is 9.63. The molecule has 0 saturated heterocycles. The van der Waals surface area contributed by atoms with Gasteiger partial charge in [0.15, 0.2) is 11.5 Å². The van der Waals surface area contributed by atoms with Crippen molar-refractivity contribution >= 4 is 17.8 Å². The van der Waals surface area contributed by atoms with Gasteiger partial charge in [-0.15, -0.1) is 0 Å². The van der Waals surface area contributed by atoms with Gasteiger partial charge < -0.3 is 14.8 Å². The molecule has 2 N–H and O–H groups in total. The molecule has 150 valence electrons. The van der Waals surface area contributed by atoms with Crippen molar-refractivity contribution in [2.24, 2.45) is 10.9 Å². The summed E-state index contributed by atoms with van der Waals surface area (Å²) in [6, 6.07) is 6.65. The molecular weight excluding hydrogens is 388 g/mol. The number of allylic oxidation sites excluding steroid dienone is 2. The number of H-pyrrole nitrogens is 1. The molecule has 0 spiro atoms. The van der Waals surface area contributed by atoms with Gasteiger partial charge in [0.1, 0.15) is 5.54 Å². The van der Waals surface area contributed by atoms with Crippen molar-refractivity contribution < 1.29 is 9.84 Å². The average molecular weight is 411 g/mol. The number of fused-ring (bicyclic) bond motifs is 4. The Bertz CT molecular complexity index is 1130. The van der Waals surface area contributed by atoms with E-state index in [0.717, 1.165) is 17.7 Å². The average Bonchev–Trinajstić information content (AvgIpc) is 2.67. The number of pyridine rings is 1. The number of aromatic hydroxyl groups is 1. The van der Waals surface area contributed by atoms with E-state index in [9.17, 15) is 9.90 Å². The Kier molecular flexibility index (Phi) is 4.87. The first kappa shape index (κ1) is 19.5. The molecule has 2 bridgehead atoms. The summed E-state index contributed by atoms with van der Waals surface area (Å²) in [4.78, 5) is 20.0. The number of aromatic amines is 1. The van der Waals surface area contributed by atoms with E-state index in [4.69, 9.17) is 21.3 Å². The van der Waals surface area contributed by atoms with Gasteiger partial charge in [-0.2, -0.15) is 0 Å². The Morgan fingerprint density at radius 2 is 2.17 bits per heavy atom. The van der Waals surface area contributed by atoms with E-state index in [1.807, 2.05) is 13.0 Å². The normalized spacial score (nSPS) is 24.5. The van der Waals surface area contributed by atoms with Crippen LogP contribution in [0.4, 0.5) is 0 Å². The number of halogens is 1. The highest BCUT2D eigenvalue weighted by molar-refractivity contribution is 6.31. The largest absolute Gasteiger partial charge is 0.504 e. The molecule has 0 fully saturated rings. The lowest BCUT2D eigenvalue weighted by Crippen LogP contribution is -2.40. The Morgan fingerprint density at radius 1 is 1.38 bits per heavy atom. The fourth-order valence-electron chi connectivity index (χ4n) is 4.68. The molecule has 1 heterocycles. The van der Waals surface area contributed by atoms with E-state index >= 15 is 0 Å². The Labute approximate surface area is 174 Å². The number of benzene rings is 1. The quantitative estimate of drug-likeness (QED) is 0.576. The molecule has 4 rings (SSSR count). The highest BCUT2D eigenvalue weighted by Gasteiger charge is 2.46. The van der Waals surface area contributed by atoms with Gasteiger partial charge in [0.05, 0.1) is 7.11 Å². The van der Waals surface area contributed by atoms with E-state index in [0.29, 0.717) is 22.8 Å². The number of methoxy groups -OCH3 is 1. The topological polar surface area (TPSA) is 74.7 Å². The highest BCUT2D eigenvalue weighted by Crippen LogP contribution is 2.52. The number of hydrogen-bond acceptors (Lipinski definition) is 4.